The highest BCUT2D eigenvalue weighted by Gasteiger charge is 2.10. The third kappa shape index (κ3) is 1.97. The minimum atomic E-state index is -0.234. The number of carbonyl (C=O) groups is 1. The van der Waals surface area contributed by atoms with E-state index >= 15 is 0 Å². The molecule has 1 heterocycles. The van der Waals surface area contributed by atoms with Gasteiger partial charge in [-0.2, -0.15) is 0 Å². The molecule has 0 spiro atoms. The monoisotopic (exact) mass is 316 g/mol. The number of aromatic nitrogens is 2. The Bertz CT molecular complexity index is 507. The van der Waals surface area contributed by atoms with E-state index in [2.05, 4.69) is 37.3 Å². The Hall–Kier alpha value is -1.11. The number of hydrogen-bond acceptors (Lipinski definition) is 3. The first-order valence-electron chi connectivity index (χ1n) is 4.39. The number of benzene rings is 1. The summed E-state index contributed by atoms with van der Waals surface area (Å²) < 4.78 is 5.63. The Balaban J connectivity index is 2.43. The summed E-state index contributed by atoms with van der Waals surface area (Å²) in [4.78, 5) is 18.4. The zero-order chi connectivity index (χ0) is 10.8. The van der Waals surface area contributed by atoms with Crippen LogP contribution in [0.5, 0.6) is 0 Å². The molecule has 1 N–H and O–H groups in total. The molecule has 0 radical (unpaired) electrons. The van der Waals surface area contributed by atoms with Gasteiger partial charge in [0, 0.05) is 3.57 Å². The van der Waals surface area contributed by atoms with Gasteiger partial charge >= 0.3 is 5.97 Å². The minimum Gasteiger partial charge on any atom is -0.469 e. The fourth-order valence-corrected chi connectivity index (χ4v) is 2.18. The zero-order valence-electron chi connectivity index (χ0n) is 8.08. The molecule has 0 amide bonds. The van der Waals surface area contributed by atoms with E-state index in [-0.39, 0.29) is 12.4 Å². The van der Waals surface area contributed by atoms with E-state index in [1.165, 1.54) is 7.11 Å². The van der Waals surface area contributed by atoms with Crippen molar-refractivity contribution in [2.75, 3.05) is 7.11 Å². The van der Waals surface area contributed by atoms with E-state index in [0.29, 0.717) is 0 Å². The van der Waals surface area contributed by atoms with Gasteiger partial charge in [-0.15, -0.1) is 0 Å². The summed E-state index contributed by atoms with van der Waals surface area (Å²) in [5.74, 6) is -0.234. The molecule has 0 bridgehead atoms. The summed E-state index contributed by atoms with van der Waals surface area (Å²) in [6.07, 6.45) is 1.94. The Morgan fingerprint density at radius 3 is 3.13 bits per heavy atom. The third-order valence-electron chi connectivity index (χ3n) is 2.17. The van der Waals surface area contributed by atoms with Gasteiger partial charge in [0.2, 0.25) is 0 Å². The molecule has 78 valence electrons. The van der Waals surface area contributed by atoms with E-state index in [1.807, 2.05) is 12.1 Å². The van der Waals surface area contributed by atoms with Gasteiger partial charge in [0.15, 0.2) is 0 Å². The SMILES string of the molecule is COC(=O)Cc1ccc2[nH]cnc2c1I. The molecule has 2 aromatic rings. The molecule has 2 rings (SSSR count). The van der Waals surface area contributed by atoms with Crippen LogP contribution in [0.1, 0.15) is 5.56 Å². The van der Waals surface area contributed by atoms with Crippen LogP contribution in [0.4, 0.5) is 0 Å². The van der Waals surface area contributed by atoms with Gasteiger partial charge in [-0.25, -0.2) is 4.98 Å². The summed E-state index contributed by atoms with van der Waals surface area (Å²) >= 11 is 2.19. The van der Waals surface area contributed by atoms with E-state index in [4.69, 9.17) is 0 Å². The maximum Gasteiger partial charge on any atom is 0.310 e. The Kier molecular flexibility index (Phi) is 2.90. The number of ether oxygens (including phenoxy) is 1. The number of halogens is 1. The zero-order valence-corrected chi connectivity index (χ0v) is 10.2. The van der Waals surface area contributed by atoms with E-state index in [0.717, 1.165) is 20.2 Å². The quantitative estimate of drug-likeness (QED) is 0.680. The van der Waals surface area contributed by atoms with Gasteiger partial charge in [0.1, 0.15) is 5.52 Å². The molecule has 1 aromatic carbocycles. The summed E-state index contributed by atoms with van der Waals surface area (Å²) in [6, 6.07) is 3.84. The fourth-order valence-electron chi connectivity index (χ4n) is 1.38. The van der Waals surface area contributed by atoms with Crippen molar-refractivity contribution in [3.05, 3.63) is 27.6 Å². The molecular weight excluding hydrogens is 307 g/mol. The molecule has 0 saturated carbocycles. The number of nitrogens with zero attached hydrogens (tertiary/aromatic N) is 1. The molecule has 0 saturated heterocycles. The Morgan fingerprint density at radius 2 is 2.40 bits per heavy atom. The molecule has 0 aliphatic rings. The number of fused-ring (bicyclic) bond motifs is 1. The summed E-state index contributed by atoms with van der Waals surface area (Å²) in [6.45, 7) is 0. The first kappa shape index (κ1) is 10.4. The highest BCUT2D eigenvalue weighted by molar-refractivity contribution is 14.1. The first-order chi connectivity index (χ1) is 7.22. The van der Waals surface area contributed by atoms with Crippen LogP contribution in [0.3, 0.4) is 0 Å². The standard InChI is InChI=1S/C10H9IN2O2/c1-15-8(14)4-6-2-3-7-10(9(6)11)13-5-12-7/h2-3,5H,4H2,1H3,(H,12,13). The number of esters is 1. The number of methoxy groups -OCH3 is 1. The number of rotatable bonds is 2. The molecular formula is C10H9IN2O2. The van der Waals surface area contributed by atoms with Crippen LogP contribution in [0.15, 0.2) is 18.5 Å². The van der Waals surface area contributed by atoms with Crippen molar-refractivity contribution in [2.24, 2.45) is 0 Å². The predicted octanol–water partition coefficient (Wildman–Crippen LogP) is 1.88. The number of hydrogen-bond donors (Lipinski definition) is 1. The van der Waals surface area contributed by atoms with Crippen molar-refractivity contribution in [3.63, 3.8) is 0 Å². The topological polar surface area (TPSA) is 55.0 Å². The number of imidazole rings is 1. The molecule has 0 unspecified atom stereocenters. The van der Waals surface area contributed by atoms with Gasteiger partial charge in [0.05, 0.1) is 25.4 Å². The molecule has 0 aliphatic carbocycles. The largest absolute Gasteiger partial charge is 0.469 e. The van der Waals surface area contributed by atoms with Crippen molar-refractivity contribution in [2.45, 2.75) is 6.42 Å². The van der Waals surface area contributed by atoms with Crippen LogP contribution in [-0.4, -0.2) is 23.0 Å². The van der Waals surface area contributed by atoms with Crippen molar-refractivity contribution in [1.29, 1.82) is 0 Å². The summed E-state index contributed by atoms with van der Waals surface area (Å²) in [5.41, 5.74) is 2.83. The van der Waals surface area contributed by atoms with E-state index in [1.54, 1.807) is 6.33 Å². The molecule has 1 aromatic heterocycles. The summed E-state index contributed by atoms with van der Waals surface area (Å²) in [7, 11) is 1.39. The van der Waals surface area contributed by atoms with Crippen LogP contribution in [0.2, 0.25) is 0 Å². The second-order valence-electron chi connectivity index (χ2n) is 3.09. The highest BCUT2D eigenvalue weighted by Crippen LogP contribution is 2.21. The lowest BCUT2D eigenvalue weighted by Gasteiger charge is -2.03. The van der Waals surface area contributed by atoms with Crippen molar-refractivity contribution < 1.29 is 9.53 Å². The summed E-state index contributed by atoms with van der Waals surface area (Å²) in [5, 5.41) is 0. The van der Waals surface area contributed by atoms with Crippen LogP contribution >= 0.6 is 22.6 Å². The van der Waals surface area contributed by atoms with E-state index < -0.39 is 0 Å². The molecule has 5 heteroatoms. The van der Waals surface area contributed by atoms with Crippen LogP contribution in [0, 0.1) is 3.57 Å². The average Bonchev–Trinajstić information content (AvgIpc) is 2.70. The van der Waals surface area contributed by atoms with Gasteiger partial charge in [0.25, 0.3) is 0 Å². The number of carbonyl (C=O) groups excluding carboxylic acids is 1. The molecule has 15 heavy (non-hydrogen) atoms. The van der Waals surface area contributed by atoms with Crippen molar-refractivity contribution in [1.82, 2.24) is 9.97 Å². The fraction of sp³-hybridized carbons (Fsp3) is 0.200. The number of nitrogens with one attached hydrogen (secondary N) is 1. The van der Waals surface area contributed by atoms with Gasteiger partial charge in [-0.3, -0.25) is 4.79 Å². The Labute approximate surface area is 100 Å². The van der Waals surface area contributed by atoms with Gasteiger partial charge in [-0.1, -0.05) is 6.07 Å². The van der Waals surface area contributed by atoms with Crippen molar-refractivity contribution in [3.8, 4) is 0 Å². The van der Waals surface area contributed by atoms with Crippen LogP contribution in [-0.2, 0) is 16.0 Å². The second kappa shape index (κ2) is 4.18. The van der Waals surface area contributed by atoms with Crippen LogP contribution < -0.4 is 0 Å². The smallest absolute Gasteiger partial charge is 0.310 e. The normalized spacial score (nSPS) is 10.5. The van der Waals surface area contributed by atoms with Gasteiger partial charge in [-0.05, 0) is 34.2 Å². The van der Waals surface area contributed by atoms with E-state index in [9.17, 15) is 4.79 Å². The lowest BCUT2D eigenvalue weighted by atomic mass is 10.1. The second-order valence-corrected chi connectivity index (χ2v) is 4.17. The minimum absolute atomic E-state index is 0.234. The lowest BCUT2D eigenvalue weighted by Crippen LogP contribution is -2.05. The average molecular weight is 316 g/mol. The molecule has 0 atom stereocenters. The molecule has 0 aliphatic heterocycles. The van der Waals surface area contributed by atoms with Gasteiger partial charge < -0.3 is 9.72 Å². The van der Waals surface area contributed by atoms with Crippen molar-refractivity contribution >= 4 is 39.6 Å². The molecule has 4 nitrogen and oxygen atoms in total. The Morgan fingerprint density at radius 1 is 1.60 bits per heavy atom. The molecule has 0 fully saturated rings. The lowest BCUT2D eigenvalue weighted by molar-refractivity contribution is -0.139. The number of H-pyrrole nitrogens is 1. The predicted molar refractivity (Wildman–Crippen MR) is 64.5 cm³/mol. The maximum atomic E-state index is 11.2. The number of aromatic amines is 1. The maximum absolute atomic E-state index is 11.2. The highest BCUT2D eigenvalue weighted by atomic mass is 127. The van der Waals surface area contributed by atoms with Crippen LogP contribution in [0.25, 0.3) is 11.0 Å². The third-order valence-corrected chi connectivity index (χ3v) is 3.38. The first-order valence-corrected chi connectivity index (χ1v) is 5.47.